The first-order valence-corrected chi connectivity index (χ1v) is 10.2. The zero-order chi connectivity index (χ0) is 21.0. The van der Waals surface area contributed by atoms with Crippen LogP contribution in [0.25, 0.3) is 16.6 Å². The summed E-state index contributed by atoms with van der Waals surface area (Å²) in [4.78, 5) is 24.6. The third-order valence-corrected chi connectivity index (χ3v) is 6.03. The number of rotatable bonds is 3. The first-order valence-electron chi connectivity index (χ1n) is 10.2. The molecule has 4 heterocycles. The lowest BCUT2D eigenvalue weighted by molar-refractivity contribution is 0.102. The summed E-state index contributed by atoms with van der Waals surface area (Å²) in [7, 11) is 4.02. The number of amides is 1. The molecular weight excluding hydrogens is 378 g/mol. The van der Waals surface area contributed by atoms with Gasteiger partial charge in [0, 0.05) is 24.2 Å². The third-order valence-electron chi connectivity index (χ3n) is 6.03. The monoisotopic (exact) mass is 403 g/mol. The first-order chi connectivity index (χ1) is 14.4. The van der Waals surface area contributed by atoms with E-state index >= 15 is 0 Å². The van der Waals surface area contributed by atoms with E-state index in [-0.39, 0.29) is 5.91 Å². The molecule has 1 aliphatic heterocycles. The van der Waals surface area contributed by atoms with E-state index in [0.29, 0.717) is 17.4 Å². The van der Waals surface area contributed by atoms with E-state index in [9.17, 15) is 4.79 Å². The summed E-state index contributed by atoms with van der Waals surface area (Å²) in [6, 6.07) is 5.97. The van der Waals surface area contributed by atoms with Crippen molar-refractivity contribution in [2.45, 2.75) is 32.7 Å². The lowest BCUT2D eigenvalue weighted by atomic mass is 10.1. The second-order valence-corrected chi connectivity index (χ2v) is 8.14. The van der Waals surface area contributed by atoms with Crippen molar-refractivity contribution >= 4 is 28.3 Å². The molecule has 3 aromatic heterocycles. The van der Waals surface area contributed by atoms with E-state index < -0.39 is 0 Å². The van der Waals surface area contributed by atoms with Crippen molar-refractivity contribution in [3.8, 4) is 0 Å². The number of anilines is 1. The number of imidazole rings is 1. The maximum absolute atomic E-state index is 12.9. The second kappa shape index (κ2) is 6.91. The number of carbonyl (C=O) groups is 1. The van der Waals surface area contributed by atoms with Crippen molar-refractivity contribution < 1.29 is 4.79 Å². The van der Waals surface area contributed by atoms with Crippen molar-refractivity contribution in [2.24, 2.45) is 7.05 Å². The SMILES string of the molecule is Cc1nn(C)c2cc(C(=O)Nc3cn4cc([C@H]5CCCN5C)nc4c(C)n3)ccc12. The highest BCUT2D eigenvalue weighted by Gasteiger charge is 2.25. The number of aromatic nitrogens is 5. The van der Waals surface area contributed by atoms with Crippen molar-refractivity contribution in [1.29, 1.82) is 0 Å². The molecule has 154 valence electrons. The number of hydrogen-bond acceptors (Lipinski definition) is 5. The van der Waals surface area contributed by atoms with Crippen molar-refractivity contribution in [3.05, 3.63) is 53.2 Å². The minimum atomic E-state index is -0.196. The minimum Gasteiger partial charge on any atom is -0.305 e. The Morgan fingerprint density at radius 3 is 2.73 bits per heavy atom. The van der Waals surface area contributed by atoms with Crippen LogP contribution in [0.2, 0.25) is 0 Å². The van der Waals surface area contributed by atoms with Crippen molar-refractivity contribution in [2.75, 3.05) is 18.9 Å². The Hall–Kier alpha value is -3.26. The van der Waals surface area contributed by atoms with Gasteiger partial charge in [-0.3, -0.25) is 14.4 Å². The van der Waals surface area contributed by atoms with Gasteiger partial charge in [-0.25, -0.2) is 9.97 Å². The zero-order valence-corrected chi connectivity index (χ0v) is 17.7. The van der Waals surface area contributed by atoms with Gasteiger partial charge in [-0.2, -0.15) is 5.10 Å². The Morgan fingerprint density at radius 2 is 1.97 bits per heavy atom. The van der Waals surface area contributed by atoms with E-state index in [1.165, 1.54) is 6.42 Å². The van der Waals surface area contributed by atoms with E-state index in [1.54, 1.807) is 4.68 Å². The third kappa shape index (κ3) is 3.04. The zero-order valence-electron chi connectivity index (χ0n) is 17.7. The summed E-state index contributed by atoms with van der Waals surface area (Å²) in [6.07, 6.45) is 6.19. The molecule has 8 nitrogen and oxygen atoms in total. The van der Waals surface area contributed by atoms with Crippen LogP contribution in [-0.2, 0) is 7.05 Å². The van der Waals surface area contributed by atoms with Crippen LogP contribution in [0.4, 0.5) is 5.82 Å². The highest BCUT2D eigenvalue weighted by molar-refractivity contribution is 6.05. The average molecular weight is 403 g/mol. The number of fused-ring (bicyclic) bond motifs is 2. The summed E-state index contributed by atoms with van der Waals surface area (Å²) in [6.45, 7) is 4.98. The summed E-state index contributed by atoms with van der Waals surface area (Å²) in [5.74, 6) is 0.313. The van der Waals surface area contributed by atoms with Gasteiger partial charge in [0.1, 0.15) is 5.82 Å². The molecule has 0 bridgehead atoms. The lowest BCUT2D eigenvalue weighted by Crippen LogP contribution is -2.17. The molecule has 1 atom stereocenters. The van der Waals surface area contributed by atoms with Gasteiger partial charge in [-0.05, 0) is 52.4 Å². The molecule has 1 saturated heterocycles. The molecular formula is C22H25N7O. The molecule has 1 N–H and O–H groups in total. The minimum absolute atomic E-state index is 0.196. The quantitative estimate of drug-likeness (QED) is 0.568. The molecule has 0 radical (unpaired) electrons. The highest BCUT2D eigenvalue weighted by atomic mass is 16.1. The predicted molar refractivity (Wildman–Crippen MR) is 116 cm³/mol. The molecule has 0 unspecified atom stereocenters. The molecule has 5 rings (SSSR count). The van der Waals surface area contributed by atoms with Gasteiger partial charge >= 0.3 is 0 Å². The molecule has 0 saturated carbocycles. The van der Waals surface area contributed by atoms with Gasteiger partial charge in [0.2, 0.25) is 0 Å². The van der Waals surface area contributed by atoms with Crippen LogP contribution in [0.1, 0.15) is 46.3 Å². The number of nitrogens with zero attached hydrogens (tertiary/aromatic N) is 6. The van der Waals surface area contributed by atoms with Crippen LogP contribution in [-0.4, -0.2) is 48.5 Å². The first kappa shape index (κ1) is 18.7. The molecule has 0 spiro atoms. The largest absolute Gasteiger partial charge is 0.305 e. The van der Waals surface area contributed by atoms with Crippen molar-refractivity contribution in [3.63, 3.8) is 0 Å². The van der Waals surface area contributed by atoms with E-state index in [1.807, 2.05) is 49.7 Å². The number of hydrogen-bond donors (Lipinski definition) is 1. The predicted octanol–water partition coefficient (Wildman–Crippen LogP) is 3.25. The van der Waals surface area contributed by atoms with Gasteiger partial charge in [-0.15, -0.1) is 0 Å². The summed E-state index contributed by atoms with van der Waals surface area (Å²) in [5, 5.41) is 8.40. The van der Waals surface area contributed by atoms with E-state index in [2.05, 4.69) is 33.5 Å². The maximum Gasteiger partial charge on any atom is 0.256 e. The van der Waals surface area contributed by atoms with Crippen LogP contribution in [0.15, 0.2) is 30.6 Å². The van der Waals surface area contributed by atoms with Crippen LogP contribution in [0.3, 0.4) is 0 Å². The summed E-state index contributed by atoms with van der Waals surface area (Å²) in [5.41, 5.74) is 5.13. The van der Waals surface area contributed by atoms with Crippen molar-refractivity contribution in [1.82, 2.24) is 29.0 Å². The molecule has 1 amide bonds. The maximum atomic E-state index is 12.9. The Bertz CT molecular complexity index is 1290. The normalized spacial score (nSPS) is 17.3. The summed E-state index contributed by atoms with van der Waals surface area (Å²) < 4.78 is 3.76. The standard InChI is InChI=1S/C22H25N7O/c1-13-16-8-7-15(10-19(16)28(4)26-13)22(30)25-20-12-29-11-17(18-6-5-9-27(18)3)24-21(29)14(2)23-20/h7-8,10-12,18H,5-6,9H2,1-4H3,(H,25,30)/t18-/m1/s1. The van der Waals surface area contributed by atoms with E-state index in [0.717, 1.165) is 46.6 Å². The smallest absolute Gasteiger partial charge is 0.256 e. The van der Waals surface area contributed by atoms with Gasteiger partial charge in [0.15, 0.2) is 5.65 Å². The lowest BCUT2D eigenvalue weighted by Gasteiger charge is -2.16. The van der Waals surface area contributed by atoms with Crippen LogP contribution in [0, 0.1) is 13.8 Å². The Balaban J connectivity index is 1.44. The van der Waals surface area contributed by atoms with Gasteiger partial charge < -0.3 is 9.72 Å². The molecule has 30 heavy (non-hydrogen) atoms. The molecule has 8 heteroatoms. The molecule has 0 aliphatic carbocycles. The van der Waals surface area contributed by atoms with Crippen LogP contribution in [0.5, 0.6) is 0 Å². The fraction of sp³-hybridized carbons (Fsp3) is 0.364. The van der Waals surface area contributed by atoms with Gasteiger partial charge in [0.05, 0.1) is 34.8 Å². The molecule has 1 aromatic carbocycles. The number of aryl methyl sites for hydroxylation is 3. The molecule has 1 fully saturated rings. The molecule has 4 aromatic rings. The van der Waals surface area contributed by atoms with E-state index in [4.69, 9.17) is 4.98 Å². The van der Waals surface area contributed by atoms with Gasteiger partial charge in [-0.1, -0.05) is 6.07 Å². The Kier molecular flexibility index (Phi) is 4.32. The number of benzene rings is 1. The number of carbonyl (C=O) groups excluding carboxylic acids is 1. The fourth-order valence-corrected chi connectivity index (χ4v) is 4.44. The topological polar surface area (TPSA) is 80.4 Å². The molecule has 1 aliphatic rings. The summed E-state index contributed by atoms with van der Waals surface area (Å²) >= 11 is 0. The Labute approximate surface area is 174 Å². The van der Waals surface area contributed by atoms with Crippen LogP contribution < -0.4 is 5.32 Å². The highest BCUT2D eigenvalue weighted by Crippen LogP contribution is 2.30. The Morgan fingerprint density at radius 1 is 1.13 bits per heavy atom. The average Bonchev–Trinajstić information content (AvgIpc) is 3.39. The van der Waals surface area contributed by atoms with Crippen LogP contribution >= 0.6 is 0 Å². The number of likely N-dealkylation sites (tertiary alicyclic amines) is 1. The number of nitrogens with one attached hydrogen (secondary N) is 1. The fourth-order valence-electron chi connectivity index (χ4n) is 4.44. The second-order valence-electron chi connectivity index (χ2n) is 8.14. The van der Waals surface area contributed by atoms with Gasteiger partial charge in [0.25, 0.3) is 5.91 Å².